The minimum atomic E-state index is -0.838. The lowest BCUT2D eigenvalue weighted by atomic mass is 10.0. The van der Waals surface area contributed by atoms with Crippen molar-refractivity contribution in [2.75, 3.05) is 12.4 Å². The zero-order chi connectivity index (χ0) is 16.8. The Morgan fingerprint density at radius 1 is 1.48 bits per heavy atom. The van der Waals surface area contributed by atoms with Gasteiger partial charge in [-0.3, -0.25) is 4.79 Å². The highest BCUT2D eigenvalue weighted by Crippen LogP contribution is 2.17. The molecule has 1 atom stereocenters. The van der Waals surface area contributed by atoms with Crippen molar-refractivity contribution in [3.05, 3.63) is 46.5 Å². The summed E-state index contributed by atoms with van der Waals surface area (Å²) in [6.07, 6.45) is 0.227. The second-order valence-corrected chi connectivity index (χ2v) is 5.46. The van der Waals surface area contributed by atoms with Gasteiger partial charge in [0.05, 0.1) is 24.8 Å². The van der Waals surface area contributed by atoms with E-state index in [1.165, 1.54) is 12.5 Å². The van der Waals surface area contributed by atoms with E-state index in [9.17, 15) is 9.59 Å². The van der Waals surface area contributed by atoms with E-state index in [-0.39, 0.29) is 17.2 Å². The molecule has 8 heteroatoms. The summed E-state index contributed by atoms with van der Waals surface area (Å²) >= 11 is 1.10. The van der Waals surface area contributed by atoms with Crippen LogP contribution in [0.4, 0.5) is 5.13 Å². The number of amides is 1. The molecule has 7 nitrogen and oxygen atoms in total. The lowest BCUT2D eigenvalue weighted by molar-refractivity contribution is -0.117. The largest absolute Gasteiger partial charge is 0.464 e. The number of aromatic nitrogens is 1. The molecule has 0 fully saturated rings. The molecule has 0 unspecified atom stereocenters. The van der Waals surface area contributed by atoms with Gasteiger partial charge in [0, 0.05) is 5.38 Å². The van der Waals surface area contributed by atoms with Gasteiger partial charge in [-0.25, -0.2) is 9.78 Å². The van der Waals surface area contributed by atoms with Crippen LogP contribution in [0.25, 0.3) is 0 Å². The molecule has 0 bridgehead atoms. The van der Waals surface area contributed by atoms with Crippen LogP contribution in [0.1, 0.15) is 21.6 Å². The quantitative estimate of drug-likeness (QED) is 0.798. The molecule has 1 aromatic carbocycles. The van der Waals surface area contributed by atoms with E-state index in [0.29, 0.717) is 11.1 Å². The van der Waals surface area contributed by atoms with Crippen molar-refractivity contribution in [1.29, 1.82) is 5.26 Å². The highest BCUT2D eigenvalue weighted by atomic mass is 32.1. The fourth-order valence-corrected chi connectivity index (χ4v) is 2.55. The van der Waals surface area contributed by atoms with Crippen molar-refractivity contribution >= 4 is 28.3 Å². The molecule has 0 saturated heterocycles. The Balaban J connectivity index is 2.01. The summed E-state index contributed by atoms with van der Waals surface area (Å²) in [5.74, 6) is -1.02. The molecule has 0 aliphatic carbocycles. The van der Waals surface area contributed by atoms with E-state index in [1.807, 2.05) is 0 Å². The first-order valence-electron chi connectivity index (χ1n) is 6.63. The average molecular weight is 330 g/mol. The van der Waals surface area contributed by atoms with Gasteiger partial charge in [-0.2, -0.15) is 5.26 Å². The molecule has 0 saturated carbocycles. The first-order valence-corrected chi connectivity index (χ1v) is 7.51. The topological polar surface area (TPSA) is 118 Å². The van der Waals surface area contributed by atoms with Crippen LogP contribution >= 0.6 is 11.3 Å². The molecule has 23 heavy (non-hydrogen) atoms. The number of nitrogens with zero attached hydrogens (tertiary/aromatic N) is 2. The number of ether oxygens (including phenoxy) is 1. The van der Waals surface area contributed by atoms with Crippen molar-refractivity contribution in [1.82, 2.24) is 4.98 Å². The number of nitriles is 1. The van der Waals surface area contributed by atoms with Crippen LogP contribution in [-0.4, -0.2) is 30.0 Å². The summed E-state index contributed by atoms with van der Waals surface area (Å²) in [7, 11) is 1.25. The molecule has 0 radical (unpaired) electrons. The number of anilines is 1. The van der Waals surface area contributed by atoms with Crippen LogP contribution in [0.15, 0.2) is 29.6 Å². The predicted molar refractivity (Wildman–Crippen MR) is 84.9 cm³/mol. The average Bonchev–Trinajstić information content (AvgIpc) is 3.03. The first kappa shape index (κ1) is 16.6. The molecule has 0 aliphatic rings. The number of nitrogens with two attached hydrogens (primary N) is 1. The molecule has 1 aromatic heterocycles. The maximum absolute atomic E-state index is 12.1. The van der Waals surface area contributed by atoms with Gasteiger partial charge in [-0.15, -0.1) is 11.3 Å². The van der Waals surface area contributed by atoms with E-state index in [0.717, 1.165) is 11.3 Å². The second-order valence-electron chi connectivity index (χ2n) is 4.60. The Labute approximate surface area is 136 Å². The molecular weight excluding hydrogens is 316 g/mol. The smallest absolute Gasteiger partial charge is 0.357 e. The number of carbonyl (C=O) groups is 2. The molecule has 3 N–H and O–H groups in total. The van der Waals surface area contributed by atoms with Gasteiger partial charge in [-0.05, 0) is 18.1 Å². The Morgan fingerprint density at radius 3 is 2.91 bits per heavy atom. The van der Waals surface area contributed by atoms with E-state index in [2.05, 4.69) is 21.1 Å². The highest BCUT2D eigenvalue weighted by molar-refractivity contribution is 7.14. The minimum absolute atomic E-state index is 0.121. The van der Waals surface area contributed by atoms with Crippen molar-refractivity contribution in [3.63, 3.8) is 0 Å². The SMILES string of the molecule is COC(=O)c1csc(NC(=O)[C@@H](N)Cc2ccccc2C#N)n1. The minimum Gasteiger partial charge on any atom is -0.464 e. The third-order valence-corrected chi connectivity index (χ3v) is 3.80. The number of benzene rings is 1. The summed E-state index contributed by atoms with van der Waals surface area (Å²) in [6, 6.07) is 8.18. The van der Waals surface area contributed by atoms with Gasteiger partial charge in [0.25, 0.3) is 0 Å². The summed E-state index contributed by atoms with van der Waals surface area (Å²) in [4.78, 5) is 27.4. The lowest BCUT2D eigenvalue weighted by Gasteiger charge is -2.11. The van der Waals surface area contributed by atoms with E-state index >= 15 is 0 Å². The third kappa shape index (κ3) is 4.12. The molecule has 1 amide bonds. The Kier molecular flexibility index (Phi) is 5.41. The second kappa shape index (κ2) is 7.49. The zero-order valence-corrected chi connectivity index (χ0v) is 13.1. The standard InChI is InChI=1S/C15H14N4O3S/c1-22-14(21)12-8-23-15(18-12)19-13(20)11(17)6-9-4-2-3-5-10(9)7-16/h2-5,8,11H,6,17H2,1H3,(H,18,19,20)/t11-/m0/s1. The summed E-state index contributed by atoms with van der Waals surface area (Å²) < 4.78 is 4.54. The van der Waals surface area contributed by atoms with E-state index in [4.69, 9.17) is 11.0 Å². The number of rotatable bonds is 5. The number of methoxy groups -OCH3 is 1. The highest BCUT2D eigenvalue weighted by Gasteiger charge is 2.18. The summed E-state index contributed by atoms with van der Waals surface area (Å²) in [5, 5.41) is 13.3. The molecule has 0 aliphatic heterocycles. The summed E-state index contributed by atoms with van der Waals surface area (Å²) in [6.45, 7) is 0. The molecular formula is C15H14N4O3S. The normalized spacial score (nSPS) is 11.3. The maximum Gasteiger partial charge on any atom is 0.357 e. The Bertz CT molecular complexity index is 766. The number of esters is 1. The zero-order valence-electron chi connectivity index (χ0n) is 12.3. The summed E-state index contributed by atoms with van der Waals surface area (Å²) in [5.41, 5.74) is 7.18. The van der Waals surface area contributed by atoms with Crippen LogP contribution in [0.2, 0.25) is 0 Å². The van der Waals surface area contributed by atoms with Crippen molar-refractivity contribution in [3.8, 4) is 6.07 Å². The Hall–Kier alpha value is -2.76. The van der Waals surface area contributed by atoms with Crippen molar-refractivity contribution in [2.45, 2.75) is 12.5 Å². The molecule has 0 spiro atoms. The molecule has 1 heterocycles. The van der Waals surface area contributed by atoms with Crippen molar-refractivity contribution < 1.29 is 14.3 Å². The lowest BCUT2D eigenvalue weighted by Crippen LogP contribution is -2.37. The number of hydrogen-bond acceptors (Lipinski definition) is 7. The Morgan fingerprint density at radius 2 is 2.22 bits per heavy atom. The first-order chi connectivity index (χ1) is 11.0. The van der Waals surface area contributed by atoms with Gasteiger partial charge in [-0.1, -0.05) is 18.2 Å². The van der Waals surface area contributed by atoms with Gasteiger partial charge in [0.1, 0.15) is 0 Å². The number of hydrogen-bond donors (Lipinski definition) is 2. The van der Waals surface area contributed by atoms with Crippen LogP contribution in [0.3, 0.4) is 0 Å². The fourth-order valence-electron chi connectivity index (χ4n) is 1.86. The van der Waals surface area contributed by atoms with Crippen LogP contribution in [-0.2, 0) is 16.0 Å². The van der Waals surface area contributed by atoms with E-state index in [1.54, 1.807) is 24.3 Å². The fraction of sp³-hybridized carbons (Fsp3) is 0.200. The van der Waals surface area contributed by atoms with Gasteiger partial charge in [0.2, 0.25) is 5.91 Å². The number of thiazole rings is 1. The molecule has 118 valence electrons. The number of carbonyl (C=O) groups excluding carboxylic acids is 2. The third-order valence-electron chi connectivity index (χ3n) is 3.04. The maximum atomic E-state index is 12.1. The number of nitrogens with one attached hydrogen (secondary N) is 1. The molecule has 2 rings (SSSR count). The molecule has 2 aromatic rings. The van der Waals surface area contributed by atoms with Gasteiger partial charge in [0.15, 0.2) is 10.8 Å². The van der Waals surface area contributed by atoms with Gasteiger partial charge >= 0.3 is 5.97 Å². The monoisotopic (exact) mass is 330 g/mol. The van der Waals surface area contributed by atoms with Crippen LogP contribution in [0.5, 0.6) is 0 Å². The van der Waals surface area contributed by atoms with Gasteiger partial charge < -0.3 is 15.8 Å². The van der Waals surface area contributed by atoms with Crippen LogP contribution in [0, 0.1) is 11.3 Å². The van der Waals surface area contributed by atoms with Crippen molar-refractivity contribution in [2.24, 2.45) is 5.73 Å². The predicted octanol–water partition coefficient (Wildman–Crippen LogP) is 1.31. The van der Waals surface area contributed by atoms with Crippen LogP contribution < -0.4 is 11.1 Å². The van der Waals surface area contributed by atoms with E-state index < -0.39 is 17.9 Å².